The van der Waals surface area contributed by atoms with Crippen LogP contribution in [0.15, 0.2) is 18.3 Å². The van der Waals surface area contributed by atoms with E-state index in [1.165, 1.54) is 19.3 Å². The van der Waals surface area contributed by atoms with Crippen molar-refractivity contribution < 1.29 is 0 Å². The smallest absolute Gasteiger partial charge is 0.126 e. The lowest BCUT2D eigenvalue weighted by molar-refractivity contribution is 0.391. The normalized spacial score (nSPS) is 27.1. The average Bonchev–Trinajstić information content (AvgIpc) is 2.71. The van der Waals surface area contributed by atoms with Gasteiger partial charge in [-0.25, -0.2) is 4.98 Å². The summed E-state index contributed by atoms with van der Waals surface area (Å²) in [5, 5.41) is 3.52. The number of hydrogen-bond donors (Lipinski definition) is 2. The van der Waals surface area contributed by atoms with Gasteiger partial charge in [0.25, 0.3) is 0 Å². The number of nitrogens with two attached hydrogens (primary N) is 1. The second-order valence-corrected chi connectivity index (χ2v) is 5.59. The summed E-state index contributed by atoms with van der Waals surface area (Å²) in [5.41, 5.74) is 6.51. The van der Waals surface area contributed by atoms with Crippen LogP contribution in [0.5, 0.6) is 0 Å². The van der Waals surface area contributed by atoms with E-state index >= 15 is 0 Å². The van der Waals surface area contributed by atoms with Crippen molar-refractivity contribution in [3.8, 4) is 0 Å². The first kappa shape index (κ1) is 13.3. The number of aromatic nitrogens is 1. The Morgan fingerprint density at radius 3 is 2.94 bits per heavy atom. The average molecular weight is 263 g/mol. The Morgan fingerprint density at radius 2 is 2.33 bits per heavy atom. The van der Waals surface area contributed by atoms with Gasteiger partial charge < -0.3 is 11.1 Å². The summed E-state index contributed by atoms with van der Waals surface area (Å²) in [6, 6.07) is 4.30. The predicted molar refractivity (Wildman–Crippen MR) is 79.7 cm³/mol. The molecule has 0 saturated heterocycles. The fraction of sp³-hybridized carbons (Fsp3) is 0.571. The maximum atomic E-state index is 5.64. The second-order valence-electron chi connectivity index (χ2n) is 5.15. The van der Waals surface area contributed by atoms with Crippen LogP contribution in [0.3, 0.4) is 0 Å². The monoisotopic (exact) mass is 263 g/mol. The van der Waals surface area contributed by atoms with Gasteiger partial charge in [0.1, 0.15) is 10.8 Å². The van der Waals surface area contributed by atoms with Crippen LogP contribution in [-0.2, 0) is 0 Å². The van der Waals surface area contributed by atoms with Gasteiger partial charge in [0, 0.05) is 17.8 Å². The topological polar surface area (TPSA) is 50.9 Å². The maximum Gasteiger partial charge on any atom is 0.126 e. The highest BCUT2D eigenvalue weighted by molar-refractivity contribution is 7.80. The number of thiocarbonyl (C=S) groups is 1. The van der Waals surface area contributed by atoms with Crippen LogP contribution in [0.1, 0.15) is 38.7 Å². The van der Waals surface area contributed by atoms with E-state index in [0.29, 0.717) is 16.9 Å². The number of rotatable bonds is 4. The van der Waals surface area contributed by atoms with Gasteiger partial charge in [-0.2, -0.15) is 0 Å². The van der Waals surface area contributed by atoms with Crippen molar-refractivity contribution >= 4 is 23.0 Å². The summed E-state index contributed by atoms with van der Waals surface area (Å²) in [6.45, 7) is 4.60. The van der Waals surface area contributed by atoms with Crippen molar-refractivity contribution in [2.75, 3.05) is 5.32 Å². The van der Waals surface area contributed by atoms with Crippen molar-refractivity contribution in [3.63, 3.8) is 0 Å². The minimum absolute atomic E-state index is 0.423. The third-order valence-corrected chi connectivity index (χ3v) is 4.36. The molecule has 0 spiro atoms. The molecular formula is C14H21N3S. The van der Waals surface area contributed by atoms with Crippen molar-refractivity contribution in [2.24, 2.45) is 17.6 Å². The largest absolute Gasteiger partial charge is 0.389 e. The summed E-state index contributed by atoms with van der Waals surface area (Å²) in [4.78, 5) is 4.77. The van der Waals surface area contributed by atoms with Gasteiger partial charge in [-0.3, -0.25) is 0 Å². The molecule has 1 fully saturated rings. The molecule has 0 aliphatic heterocycles. The Hall–Kier alpha value is -1.16. The van der Waals surface area contributed by atoms with Crippen LogP contribution >= 0.6 is 12.2 Å². The maximum absolute atomic E-state index is 5.64. The molecule has 3 nitrogen and oxygen atoms in total. The third-order valence-electron chi connectivity index (χ3n) is 4.13. The lowest BCUT2D eigenvalue weighted by atomic mass is 9.93. The molecule has 0 radical (unpaired) electrons. The number of nitrogens with zero attached hydrogens (tertiary/aromatic N) is 1. The Bertz CT molecular complexity index is 433. The molecule has 3 atom stereocenters. The molecule has 0 aromatic carbocycles. The first-order valence-corrected chi connectivity index (χ1v) is 7.05. The van der Waals surface area contributed by atoms with Gasteiger partial charge in [-0.15, -0.1) is 0 Å². The zero-order valence-electron chi connectivity index (χ0n) is 11.0. The van der Waals surface area contributed by atoms with Crippen LogP contribution in [-0.4, -0.2) is 16.0 Å². The van der Waals surface area contributed by atoms with Crippen molar-refractivity contribution in [3.05, 3.63) is 23.9 Å². The van der Waals surface area contributed by atoms with Crippen LogP contribution in [0.25, 0.3) is 0 Å². The molecule has 2 rings (SSSR count). The fourth-order valence-electron chi connectivity index (χ4n) is 2.88. The second kappa shape index (κ2) is 5.65. The molecule has 3 N–H and O–H groups in total. The lowest BCUT2D eigenvalue weighted by Gasteiger charge is -2.21. The van der Waals surface area contributed by atoms with E-state index in [-0.39, 0.29) is 0 Å². The zero-order valence-corrected chi connectivity index (χ0v) is 11.8. The van der Waals surface area contributed by atoms with E-state index in [4.69, 9.17) is 18.0 Å². The standard InChI is InChI=1S/C14H21N3S/c1-3-10-4-5-12(9(10)2)17-13-8-11(14(15)18)6-7-16-13/h6-10,12H,3-5H2,1-2H3,(H2,15,18)(H,16,17). The number of hydrogen-bond acceptors (Lipinski definition) is 3. The first-order chi connectivity index (χ1) is 8.61. The molecule has 1 saturated carbocycles. The summed E-state index contributed by atoms with van der Waals surface area (Å²) >= 11 is 4.99. The molecule has 1 heterocycles. The van der Waals surface area contributed by atoms with E-state index in [1.54, 1.807) is 6.20 Å². The van der Waals surface area contributed by atoms with Gasteiger partial charge in [0.2, 0.25) is 0 Å². The van der Waals surface area contributed by atoms with Crippen molar-refractivity contribution in [2.45, 2.75) is 39.2 Å². The Kier molecular flexibility index (Phi) is 4.17. The lowest BCUT2D eigenvalue weighted by Crippen LogP contribution is -2.25. The Morgan fingerprint density at radius 1 is 1.56 bits per heavy atom. The summed E-state index contributed by atoms with van der Waals surface area (Å²) < 4.78 is 0. The van der Waals surface area contributed by atoms with Crippen LogP contribution in [0.4, 0.5) is 5.82 Å². The highest BCUT2D eigenvalue weighted by Crippen LogP contribution is 2.35. The molecule has 98 valence electrons. The molecule has 1 aliphatic rings. The summed E-state index contributed by atoms with van der Waals surface area (Å²) in [7, 11) is 0. The van der Waals surface area contributed by atoms with Crippen LogP contribution in [0, 0.1) is 11.8 Å². The summed E-state index contributed by atoms with van der Waals surface area (Å²) in [6.07, 6.45) is 5.55. The molecule has 0 bridgehead atoms. The molecule has 1 aliphatic carbocycles. The highest BCUT2D eigenvalue weighted by Gasteiger charge is 2.31. The van der Waals surface area contributed by atoms with Crippen LogP contribution in [0.2, 0.25) is 0 Å². The summed E-state index contributed by atoms with van der Waals surface area (Å²) in [5.74, 6) is 2.42. The molecule has 18 heavy (non-hydrogen) atoms. The molecule has 3 unspecified atom stereocenters. The molecule has 0 amide bonds. The van der Waals surface area contributed by atoms with Gasteiger partial charge in [-0.1, -0.05) is 32.5 Å². The van der Waals surface area contributed by atoms with Gasteiger partial charge in [0.15, 0.2) is 0 Å². The number of pyridine rings is 1. The van der Waals surface area contributed by atoms with Crippen LogP contribution < -0.4 is 11.1 Å². The quantitative estimate of drug-likeness (QED) is 0.820. The highest BCUT2D eigenvalue weighted by atomic mass is 32.1. The van der Waals surface area contributed by atoms with Crippen molar-refractivity contribution in [1.29, 1.82) is 0 Å². The Balaban J connectivity index is 2.06. The molecule has 1 aromatic heterocycles. The predicted octanol–water partition coefficient (Wildman–Crippen LogP) is 2.95. The molecule has 1 aromatic rings. The number of anilines is 1. The van der Waals surface area contributed by atoms with E-state index in [0.717, 1.165) is 17.3 Å². The number of nitrogens with one attached hydrogen (secondary N) is 1. The molecule has 4 heteroatoms. The van der Waals surface area contributed by atoms with Gasteiger partial charge in [0.05, 0.1) is 0 Å². The molecular weight excluding hydrogens is 242 g/mol. The van der Waals surface area contributed by atoms with E-state index in [2.05, 4.69) is 24.1 Å². The third kappa shape index (κ3) is 2.80. The minimum Gasteiger partial charge on any atom is -0.389 e. The van der Waals surface area contributed by atoms with E-state index in [9.17, 15) is 0 Å². The Labute approximate surface area is 114 Å². The van der Waals surface area contributed by atoms with Crippen molar-refractivity contribution in [1.82, 2.24) is 4.98 Å². The van der Waals surface area contributed by atoms with E-state index < -0.39 is 0 Å². The minimum atomic E-state index is 0.423. The van der Waals surface area contributed by atoms with Gasteiger partial charge >= 0.3 is 0 Å². The first-order valence-electron chi connectivity index (χ1n) is 6.64. The SMILES string of the molecule is CCC1CCC(Nc2cc(C(N)=S)ccn2)C1C. The van der Waals surface area contributed by atoms with E-state index in [1.807, 2.05) is 12.1 Å². The van der Waals surface area contributed by atoms with Gasteiger partial charge in [-0.05, 0) is 36.8 Å². The fourth-order valence-corrected chi connectivity index (χ4v) is 3.01. The zero-order chi connectivity index (χ0) is 13.1.